The number of hydrogen-bond acceptors (Lipinski definition) is 3. The summed E-state index contributed by atoms with van der Waals surface area (Å²) in [5, 5.41) is 8.47. The molecule has 1 aromatic rings. The van der Waals surface area contributed by atoms with E-state index >= 15 is 0 Å². The third-order valence-electron chi connectivity index (χ3n) is 1.55. The summed E-state index contributed by atoms with van der Waals surface area (Å²) in [6, 6.07) is 2.15. The molecule has 4 nitrogen and oxygen atoms in total. The third kappa shape index (κ3) is 2.07. The first-order valence-electron chi connectivity index (χ1n) is 3.86. The van der Waals surface area contributed by atoms with Crippen LogP contribution in [0.5, 0.6) is 0 Å². The fraction of sp³-hybridized carbons (Fsp3) is 0.500. The van der Waals surface area contributed by atoms with E-state index < -0.39 is 0 Å². The van der Waals surface area contributed by atoms with Gasteiger partial charge in [0.05, 0.1) is 6.07 Å². The van der Waals surface area contributed by atoms with Crippen LogP contribution in [0, 0.1) is 11.3 Å². The SMILES string of the molecule is CC(N)Cc1nccn1CC#N. The molecule has 1 unspecified atom stereocenters. The molecule has 0 saturated heterocycles. The first kappa shape index (κ1) is 8.75. The molecular weight excluding hydrogens is 152 g/mol. The highest BCUT2D eigenvalue weighted by Gasteiger charge is 2.03. The van der Waals surface area contributed by atoms with Gasteiger partial charge in [0.2, 0.25) is 0 Å². The molecule has 0 spiro atoms. The van der Waals surface area contributed by atoms with E-state index in [0.717, 1.165) is 5.82 Å². The number of rotatable bonds is 3. The molecule has 1 atom stereocenters. The van der Waals surface area contributed by atoms with Gasteiger partial charge in [-0.15, -0.1) is 0 Å². The van der Waals surface area contributed by atoms with Crippen LogP contribution in [0.4, 0.5) is 0 Å². The van der Waals surface area contributed by atoms with Crippen molar-refractivity contribution in [2.75, 3.05) is 0 Å². The van der Waals surface area contributed by atoms with Gasteiger partial charge in [-0.25, -0.2) is 4.98 Å². The van der Waals surface area contributed by atoms with Crippen molar-refractivity contribution in [3.63, 3.8) is 0 Å². The Morgan fingerprint density at radius 3 is 3.17 bits per heavy atom. The number of hydrogen-bond donors (Lipinski definition) is 1. The predicted octanol–water partition coefficient (Wildman–Crippen LogP) is 0.296. The number of nitrogens with zero attached hydrogens (tertiary/aromatic N) is 3. The Bertz CT molecular complexity index is 281. The van der Waals surface area contributed by atoms with Crippen molar-refractivity contribution < 1.29 is 0 Å². The van der Waals surface area contributed by atoms with Gasteiger partial charge in [0.25, 0.3) is 0 Å². The Labute approximate surface area is 71.6 Å². The Morgan fingerprint density at radius 2 is 2.58 bits per heavy atom. The van der Waals surface area contributed by atoms with Crippen molar-refractivity contribution in [3.05, 3.63) is 18.2 Å². The quantitative estimate of drug-likeness (QED) is 0.698. The lowest BCUT2D eigenvalue weighted by Crippen LogP contribution is -2.20. The molecular formula is C8H12N4. The van der Waals surface area contributed by atoms with Crippen LogP contribution in [0.25, 0.3) is 0 Å². The molecule has 2 N–H and O–H groups in total. The van der Waals surface area contributed by atoms with Gasteiger partial charge in [0.15, 0.2) is 0 Å². The van der Waals surface area contributed by atoms with Gasteiger partial charge in [0.1, 0.15) is 12.4 Å². The van der Waals surface area contributed by atoms with E-state index in [1.54, 1.807) is 12.4 Å². The molecule has 0 fully saturated rings. The Morgan fingerprint density at radius 1 is 1.83 bits per heavy atom. The van der Waals surface area contributed by atoms with Crippen LogP contribution >= 0.6 is 0 Å². The highest BCUT2D eigenvalue weighted by atomic mass is 15.1. The zero-order valence-corrected chi connectivity index (χ0v) is 7.07. The molecule has 1 rings (SSSR count). The van der Waals surface area contributed by atoms with Gasteiger partial charge in [-0.2, -0.15) is 5.26 Å². The van der Waals surface area contributed by atoms with Crippen molar-refractivity contribution in [2.24, 2.45) is 5.73 Å². The van der Waals surface area contributed by atoms with Crippen LogP contribution in [-0.4, -0.2) is 15.6 Å². The summed E-state index contributed by atoms with van der Waals surface area (Å²) >= 11 is 0. The standard InChI is InChI=1S/C8H12N4/c1-7(10)6-8-11-3-5-12(8)4-2-9/h3,5,7H,4,6,10H2,1H3. The van der Waals surface area contributed by atoms with Crippen LogP contribution in [0.1, 0.15) is 12.7 Å². The Kier molecular flexibility index (Phi) is 2.83. The number of aromatic nitrogens is 2. The largest absolute Gasteiger partial charge is 0.328 e. The predicted molar refractivity (Wildman–Crippen MR) is 45.2 cm³/mol. The van der Waals surface area contributed by atoms with Crippen molar-refractivity contribution in [2.45, 2.75) is 25.9 Å². The van der Waals surface area contributed by atoms with E-state index in [1.165, 1.54) is 0 Å². The van der Waals surface area contributed by atoms with Crippen molar-refractivity contribution in [1.29, 1.82) is 5.26 Å². The van der Waals surface area contributed by atoms with Crippen LogP contribution in [0.15, 0.2) is 12.4 Å². The Hall–Kier alpha value is -1.34. The lowest BCUT2D eigenvalue weighted by atomic mass is 10.2. The molecule has 0 aromatic carbocycles. The van der Waals surface area contributed by atoms with E-state index in [1.807, 2.05) is 11.5 Å². The van der Waals surface area contributed by atoms with Crippen molar-refractivity contribution in [1.82, 2.24) is 9.55 Å². The minimum atomic E-state index is 0.0878. The fourth-order valence-electron chi connectivity index (χ4n) is 1.04. The first-order chi connectivity index (χ1) is 5.74. The second-order valence-electron chi connectivity index (χ2n) is 2.81. The molecule has 0 saturated carbocycles. The lowest BCUT2D eigenvalue weighted by Gasteiger charge is -2.05. The first-order valence-corrected chi connectivity index (χ1v) is 3.86. The number of nitriles is 1. The number of imidazole rings is 1. The molecule has 0 bridgehead atoms. The molecule has 0 aliphatic rings. The maximum absolute atomic E-state index is 8.47. The topological polar surface area (TPSA) is 67.6 Å². The van der Waals surface area contributed by atoms with E-state index in [2.05, 4.69) is 11.1 Å². The summed E-state index contributed by atoms with van der Waals surface area (Å²) in [4.78, 5) is 4.11. The molecule has 0 aliphatic carbocycles. The van der Waals surface area contributed by atoms with E-state index in [0.29, 0.717) is 13.0 Å². The van der Waals surface area contributed by atoms with Crippen LogP contribution in [0.3, 0.4) is 0 Å². The zero-order chi connectivity index (χ0) is 8.97. The molecule has 0 aliphatic heterocycles. The minimum Gasteiger partial charge on any atom is -0.328 e. The van der Waals surface area contributed by atoms with Gasteiger partial charge in [-0.3, -0.25) is 0 Å². The van der Waals surface area contributed by atoms with E-state index in [9.17, 15) is 0 Å². The highest BCUT2D eigenvalue weighted by Crippen LogP contribution is 1.99. The summed E-state index contributed by atoms with van der Waals surface area (Å²) in [5.74, 6) is 0.881. The van der Waals surface area contributed by atoms with Crippen LogP contribution < -0.4 is 5.73 Å². The minimum absolute atomic E-state index is 0.0878. The van der Waals surface area contributed by atoms with Gasteiger partial charge in [0, 0.05) is 24.9 Å². The summed E-state index contributed by atoms with van der Waals surface area (Å²) in [5.41, 5.74) is 5.61. The smallest absolute Gasteiger partial charge is 0.111 e. The van der Waals surface area contributed by atoms with Crippen LogP contribution in [0.2, 0.25) is 0 Å². The number of nitrogens with two attached hydrogens (primary N) is 1. The summed E-state index contributed by atoms with van der Waals surface area (Å²) in [6.45, 7) is 2.27. The average molecular weight is 164 g/mol. The van der Waals surface area contributed by atoms with E-state index in [-0.39, 0.29) is 6.04 Å². The summed E-state index contributed by atoms with van der Waals surface area (Å²) in [6.07, 6.45) is 4.20. The van der Waals surface area contributed by atoms with Gasteiger partial charge < -0.3 is 10.3 Å². The fourth-order valence-corrected chi connectivity index (χ4v) is 1.04. The average Bonchev–Trinajstić information content (AvgIpc) is 2.37. The lowest BCUT2D eigenvalue weighted by molar-refractivity contribution is 0.656. The van der Waals surface area contributed by atoms with Crippen LogP contribution in [-0.2, 0) is 13.0 Å². The maximum Gasteiger partial charge on any atom is 0.111 e. The zero-order valence-electron chi connectivity index (χ0n) is 7.07. The van der Waals surface area contributed by atoms with Gasteiger partial charge in [-0.05, 0) is 6.92 Å². The molecule has 4 heteroatoms. The summed E-state index contributed by atoms with van der Waals surface area (Å²) in [7, 11) is 0. The second kappa shape index (κ2) is 3.88. The van der Waals surface area contributed by atoms with Gasteiger partial charge >= 0.3 is 0 Å². The van der Waals surface area contributed by atoms with Crippen molar-refractivity contribution >= 4 is 0 Å². The normalized spacial score (nSPS) is 12.4. The second-order valence-corrected chi connectivity index (χ2v) is 2.81. The molecule has 1 aromatic heterocycles. The molecule has 0 amide bonds. The Balaban J connectivity index is 2.71. The molecule has 64 valence electrons. The van der Waals surface area contributed by atoms with Gasteiger partial charge in [-0.1, -0.05) is 0 Å². The maximum atomic E-state index is 8.47. The van der Waals surface area contributed by atoms with E-state index in [4.69, 9.17) is 11.0 Å². The monoisotopic (exact) mass is 164 g/mol. The third-order valence-corrected chi connectivity index (χ3v) is 1.55. The molecule has 0 radical (unpaired) electrons. The highest BCUT2D eigenvalue weighted by molar-refractivity contribution is 4.96. The van der Waals surface area contributed by atoms with Crippen molar-refractivity contribution in [3.8, 4) is 6.07 Å². The molecule has 1 heterocycles. The summed E-state index contributed by atoms with van der Waals surface area (Å²) < 4.78 is 1.81. The molecule has 12 heavy (non-hydrogen) atoms.